The van der Waals surface area contributed by atoms with Crippen LogP contribution in [-0.4, -0.2) is 10.8 Å². The Bertz CT molecular complexity index is 854. The van der Waals surface area contributed by atoms with Crippen LogP contribution in [0.2, 0.25) is 0 Å². The van der Waals surface area contributed by atoms with Crippen molar-refractivity contribution in [2.75, 3.05) is 5.32 Å². The number of nitrogens with one attached hydrogen (secondary N) is 1. The summed E-state index contributed by atoms with van der Waals surface area (Å²) in [6, 6.07) is 19.6. The van der Waals surface area contributed by atoms with Gasteiger partial charge in [-0.25, -0.2) is 0 Å². The van der Waals surface area contributed by atoms with E-state index >= 15 is 0 Å². The second-order valence-corrected chi connectivity index (χ2v) is 6.02. The maximum absolute atomic E-state index is 13.0. The third-order valence-electron chi connectivity index (χ3n) is 4.32. The highest BCUT2D eigenvalue weighted by atomic mass is 16.3. The van der Waals surface area contributed by atoms with Gasteiger partial charge in [0.2, 0.25) is 0 Å². The Morgan fingerprint density at radius 2 is 1.83 bits per heavy atom. The van der Waals surface area contributed by atoms with E-state index in [1.54, 1.807) is 6.26 Å². The molecule has 1 aliphatic heterocycles. The summed E-state index contributed by atoms with van der Waals surface area (Å²) in [4.78, 5) is 14.8. The quantitative estimate of drug-likeness (QED) is 0.780. The highest BCUT2D eigenvalue weighted by molar-refractivity contribution is 6.01. The predicted octanol–water partition coefficient (Wildman–Crippen LogP) is 4.35. The van der Waals surface area contributed by atoms with Crippen LogP contribution in [0, 0.1) is 6.92 Å². The van der Waals surface area contributed by atoms with Crippen molar-refractivity contribution in [3.05, 3.63) is 89.4 Å². The number of anilines is 1. The van der Waals surface area contributed by atoms with E-state index in [1.807, 2.05) is 41.3 Å². The zero-order chi connectivity index (χ0) is 16.5. The van der Waals surface area contributed by atoms with Crippen molar-refractivity contribution in [2.24, 2.45) is 0 Å². The normalized spacial score (nSPS) is 16.6. The fraction of sp³-hybridized carbons (Fsp3) is 0.150. The number of furan rings is 1. The molecule has 4 nitrogen and oxygen atoms in total. The molecule has 0 unspecified atom stereocenters. The molecule has 1 amide bonds. The van der Waals surface area contributed by atoms with Crippen LogP contribution in [0.4, 0.5) is 5.69 Å². The molecule has 0 bridgehead atoms. The highest BCUT2D eigenvalue weighted by Gasteiger charge is 2.33. The Balaban J connectivity index is 1.76. The van der Waals surface area contributed by atoms with Crippen molar-refractivity contribution < 1.29 is 9.21 Å². The third-order valence-corrected chi connectivity index (χ3v) is 4.32. The van der Waals surface area contributed by atoms with E-state index < -0.39 is 0 Å². The number of rotatable bonds is 3. The molecular formula is C20H18N2O2. The summed E-state index contributed by atoms with van der Waals surface area (Å²) in [7, 11) is 0. The number of carbonyl (C=O) groups excluding carboxylic acids is 1. The Morgan fingerprint density at radius 1 is 1.04 bits per heavy atom. The molecule has 120 valence electrons. The zero-order valence-electron chi connectivity index (χ0n) is 13.4. The Hall–Kier alpha value is -3.01. The predicted molar refractivity (Wildman–Crippen MR) is 92.6 cm³/mol. The first-order chi connectivity index (χ1) is 11.7. The largest absolute Gasteiger partial charge is 0.467 e. The SMILES string of the molecule is Cc1ccc([C@H]2Nc3ccccc3C(=O)N2Cc2ccco2)cc1. The Morgan fingerprint density at radius 3 is 2.58 bits per heavy atom. The first-order valence-electron chi connectivity index (χ1n) is 7.98. The van der Waals surface area contributed by atoms with Gasteiger partial charge in [0.25, 0.3) is 5.91 Å². The number of hydrogen-bond acceptors (Lipinski definition) is 3. The van der Waals surface area contributed by atoms with Crippen LogP contribution < -0.4 is 5.32 Å². The van der Waals surface area contributed by atoms with E-state index in [9.17, 15) is 4.79 Å². The van der Waals surface area contributed by atoms with Crippen LogP contribution >= 0.6 is 0 Å². The van der Waals surface area contributed by atoms with E-state index in [4.69, 9.17) is 4.42 Å². The molecular weight excluding hydrogens is 300 g/mol. The maximum Gasteiger partial charge on any atom is 0.258 e. The minimum Gasteiger partial charge on any atom is -0.467 e. The van der Waals surface area contributed by atoms with Crippen LogP contribution in [0.15, 0.2) is 71.3 Å². The van der Waals surface area contributed by atoms with Gasteiger partial charge >= 0.3 is 0 Å². The van der Waals surface area contributed by atoms with Gasteiger partial charge in [-0.15, -0.1) is 0 Å². The average molecular weight is 318 g/mol. The maximum atomic E-state index is 13.0. The van der Waals surface area contributed by atoms with Crippen LogP contribution in [0.25, 0.3) is 0 Å². The van der Waals surface area contributed by atoms with Gasteiger partial charge in [0, 0.05) is 5.69 Å². The van der Waals surface area contributed by atoms with Crippen molar-refractivity contribution in [1.82, 2.24) is 4.90 Å². The summed E-state index contributed by atoms with van der Waals surface area (Å²) >= 11 is 0. The molecule has 0 saturated carbocycles. The highest BCUT2D eigenvalue weighted by Crippen LogP contribution is 2.34. The lowest BCUT2D eigenvalue weighted by molar-refractivity contribution is 0.0651. The number of nitrogens with zero attached hydrogens (tertiary/aromatic N) is 1. The molecule has 1 aliphatic rings. The molecule has 0 spiro atoms. The second kappa shape index (κ2) is 5.89. The molecule has 1 aromatic heterocycles. The smallest absolute Gasteiger partial charge is 0.258 e. The molecule has 1 atom stereocenters. The van der Waals surface area contributed by atoms with Gasteiger partial charge in [-0.05, 0) is 36.8 Å². The number of para-hydroxylation sites is 1. The van der Waals surface area contributed by atoms with Gasteiger partial charge < -0.3 is 14.6 Å². The number of fused-ring (bicyclic) bond motifs is 1. The van der Waals surface area contributed by atoms with Crippen LogP contribution in [0.3, 0.4) is 0 Å². The van der Waals surface area contributed by atoms with Crippen molar-refractivity contribution in [3.63, 3.8) is 0 Å². The van der Waals surface area contributed by atoms with Gasteiger partial charge in [0.05, 0.1) is 18.4 Å². The molecule has 2 heterocycles. The summed E-state index contributed by atoms with van der Waals surface area (Å²) in [5, 5.41) is 3.49. The van der Waals surface area contributed by atoms with Gasteiger partial charge in [-0.2, -0.15) is 0 Å². The standard InChI is InChI=1S/C20H18N2O2/c1-14-8-10-15(11-9-14)19-21-18-7-3-2-6-17(18)20(23)22(19)13-16-5-4-12-24-16/h2-12,19,21H,13H2,1H3/t19-/m0/s1. The summed E-state index contributed by atoms with van der Waals surface area (Å²) < 4.78 is 5.45. The molecule has 1 N–H and O–H groups in total. The molecule has 3 aromatic rings. The van der Waals surface area contributed by atoms with Crippen molar-refractivity contribution >= 4 is 11.6 Å². The van der Waals surface area contributed by atoms with Crippen LogP contribution in [0.1, 0.15) is 33.4 Å². The first-order valence-corrected chi connectivity index (χ1v) is 7.98. The minimum atomic E-state index is -0.224. The molecule has 0 aliphatic carbocycles. The minimum absolute atomic E-state index is 0.00586. The third kappa shape index (κ3) is 2.56. The van der Waals surface area contributed by atoms with Crippen molar-refractivity contribution in [3.8, 4) is 0 Å². The average Bonchev–Trinajstić information content (AvgIpc) is 3.11. The van der Waals surface area contributed by atoms with E-state index in [0.29, 0.717) is 12.1 Å². The van der Waals surface area contributed by atoms with Gasteiger partial charge in [0.15, 0.2) is 0 Å². The number of hydrogen-bond donors (Lipinski definition) is 1. The second-order valence-electron chi connectivity index (χ2n) is 6.02. The fourth-order valence-corrected chi connectivity index (χ4v) is 3.04. The van der Waals surface area contributed by atoms with Crippen LogP contribution in [-0.2, 0) is 6.54 Å². The van der Waals surface area contributed by atoms with E-state index in [1.165, 1.54) is 5.56 Å². The lowest BCUT2D eigenvalue weighted by Gasteiger charge is -2.37. The van der Waals surface area contributed by atoms with Gasteiger partial charge in [0.1, 0.15) is 11.9 Å². The molecule has 24 heavy (non-hydrogen) atoms. The van der Waals surface area contributed by atoms with Crippen molar-refractivity contribution in [1.29, 1.82) is 0 Å². The van der Waals surface area contributed by atoms with Crippen molar-refractivity contribution in [2.45, 2.75) is 19.6 Å². The Kier molecular flexibility index (Phi) is 3.58. The molecule has 0 radical (unpaired) electrons. The summed E-state index contributed by atoms with van der Waals surface area (Å²) in [5.41, 5.74) is 3.80. The van der Waals surface area contributed by atoms with Crippen LogP contribution in [0.5, 0.6) is 0 Å². The summed E-state index contributed by atoms with van der Waals surface area (Å²) in [6.45, 7) is 2.48. The topological polar surface area (TPSA) is 45.5 Å². The lowest BCUT2D eigenvalue weighted by atomic mass is 10.0. The molecule has 0 saturated heterocycles. The van der Waals surface area contributed by atoms with E-state index in [2.05, 4.69) is 36.5 Å². The van der Waals surface area contributed by atoms with E-state index in [-0.39, 0.29) is 12.1 Å². The number of amides is 1. The fourth-order valence-electron chi connectivity index (χ4n) is 3.04. The summed E-state index contributed by atoms with van der Waals surface area (Å²) in [5.74, 6) is 0.771. The summed E-state index contributed by atoms with van der Waals surface area (Å²) in [6.07, 6.45) is 1.41. The lowest BCUT2D eigenvalue weighted by Crippen LogP contribution is -2.42. The monoisotopic (exact) mass is 318 g/mol. The van der Waals surface area contributed by atoms with E-state index in [0.717, 1.165) is 17.0 Å². The molecule has 4 heteroatoms. The zero-order valence-corrected chi connectivity index (χ0v) is 13.4. The van der Waals surface area contributed by atoms with Gasteiger partial charge in [-0.3, -0.25) is 4.79 Å². The molecule has 0 fully saturated rings. The molecule has 2 aromatic carbocycles. The van der Waals surface area contributed by atoms with Gasteiger partial charge in [-0.1, -0.05) is 42.0 Å². The number of benzene rings is 2. The molecule has 4 rings (SSSR count). The Labute approximate surface area is 140 Å². The number of aryl methyl sites for hydroxylation is 1. The first kappa shape index (κ1) is 14.6. The number of carbonyl (C=O) groups is 1.